The fourth-order valence-corrected chi connectivity index (χ4v) is 4.14. The van der Waals surface area contributed by atoms with Crippen LogP contribution in [0.5, 0.6) is 5.75 Å². The first kappa shape index (κ1) is 19.0. The zero-order valence-corrected chi connectivity index (χ0v) is 17.3. The molecule has 4 rings (SSSR count). The third kappa shape index (κ3) is 3.29. The van der Waals surface area contributed by atoms with Gasteiger partial charge in [0.15, 0.2) is 11.5 Å². The van der Waals surface area contributed by atoms with Crippen molar-refractivity contribution >= 4 is 28.6 Å². The average Bonchev–Trinajstić information content (AvgIpc) is 3.13. The van der Waals surface area contributed by atoms with Crippen molar-refractivity contribution in [2.75, 3.05) is 32.1 Å². The van der Waals surface area contributed by atoms with Crippen LogP contribution in [0.15, 0.2) is 18.7 Å². The maximum atomic E-state index is 6.64. The van der Waals surface area contributed by atoms with Gasteiger partial charge in [-0.2, -0.15) is 0 Å². The van der Waals surface area contributed by atoms with Crippen molar-refractivity contribution in [3.63, 3.8) is 0 Å². The number of likely N-dealkylation sites (N-methyl/N-ethyl adjacent to an activating group) is 1. The number of hydrogen-bond donors (Lipinski definition) is 2. The van der Waals surface area contributed by atoms with Crippen molar-refractivity contribution in [3.8, 4) is 5.75 Å². The number of benzene rings is 1. The van der Waals surface area contributed by atoms with E-state index in [0.29, 0.717) is 29.5 Å². The molecule has 1 saturated heterocycles. The predicted molar refractivity (Wildman–Crippen MR) is 111 cm³/mol. The molecule has 0 spiro atoms. The largest absolute Gasteiger partial charge is 0.493 e. The van der Waals surface area contributed by atoms with E-state index in [9.17, 15) is 0 Å². The van der Waals surface area contributed by atoms with Gasteiger partial charge in [0.1, 0.15) is 17.6 Å². The maximum Gasteiger partial charge on any atom is 0.162 e. The minimum Gasteiger partial charge on any atom is -0.493 e. The van der Waals surface area contributed by atoms with Crippen LogP contribution in [0.2, 0.25) is 5.02 Å². The van der Waals surface area contributed by atoms with Gasteiger partial charge >= 0.3 is 0 Å². The molecule has 0 amide bonds. The van der Waals surface area contributed by atoms with Crippen molar-refractivity contribution in [2.24, 2.45) is 0 Å². The van der Waals surface area contributed by atoms with E-state index in [2.05, 4.69) is 51.0 Å². The second-order valence-electron chi connectivity index (χ2n) is 7.35. The van der Waals surface area contributed by atoms with Crippen LogP contribution in [0.3, 0.4) is 0 Å². The molecule has 0 radical (unpaired) electrons. The summed E-state index contributed by atoms with van der Waals surface area (Å²) in [6.07, 6.45) is 3.14. The van der Waals surface area contributed by atoms with Gasteiger partial charge < -0.3 is 19.9 Å². The molecule has 8 heteroatoms. The third-order valence-corrected chi connectivity index (χ3v) is 5.74. The zero-order valence-electron chi connectivity index (χ0n) is 16.6. The molecule has 3 aromatic rings. The minimum atomic E-state index is -0.0639. The number of halogens is 1. The first-order chi connectivity index (χ1) is 13.5. The Labute approximate surface area is 169 Å². The maximum absolute atomic E-state index is 6.64. The van der Waals surface area contributed by atoms with Crippen LogP contribution in [-0.4, -0.2) is 51.6 Å². The van der Waals surface area contributed by atoms with E-state index in [1.54, 1.807) is 6.33 Å². The number of aromatic amines is 1. The first-order valence-corrected chi connectivity index (χ1v) is 9.92. The summed E-state index contributed by atoms with van der Waals surface area (Å²) in [5.41, 5.74) is 4.78. The van der Waals surface area contributed by atoms with Gasteiger partial charge in [-0.1, -0.05) is 11.6 Å². The summed E-state index contributed by atoms with van der Waals surface area (Å²) in [6, 6.07) is 1.94. The molecule has 3 heterocycles. The van der Waals surface area contributed by atoms with Gasteiger partial charge in [0.05, 0.1) is 19.0 Å². The summed E-state index contributed by atoms with van der Waals surface area (Å²) in [7, 11) is 2.13. The molecule has 148 valence electrons. The number of ether oxygens (including phenoxy) is 1. The molecular formula is C20H25ClN6O. The van der Waals surface area contributed by atoms with E-state index in [1.165, 1.54) is 11.9 Å². The number of anilines is 1. The molecule has 2 N–H and O–H groups in total. The highest BCUT2D eigenvalue weighted by atomic mass is 35.5. The number of aromatic nitrogens is 4. The minimum absolute atomic E-state index is 0.0639. The van der Waals surface area contributed by atoms with Gasteiger partial charge in [-0.05, 0) is 39.4 Å². The highest BCUT2D eigenvalue weighted by Crippen LogP contribution is 2.43. The molecule has 1 aromatic carbocycles. The van der Waals surface area contributed by atoms with Gasteiger partial charge in [-0.15, -0.1) is 0 Å². The summed E-state index contributed by atoms with van der Waals surface area (Å²) in [4.78, 5) is 18.2. The van der Waals surface area contributed by atoms with E-state index in [4.69, 9.17) is 16.3 Å². The van der Waals surface area contributed by atoms with Crippen LogP contribution in [0, 0.1) is 6.92 Å². The number of fused-ring (bicyclic) bond motifs is 1. The number of imidazole rings is 1. The Hall–Kier alpha value is -2.38. The highest BCUT2D eigenvalue weighted by Gasteiger charge is 2.32. The molecule has 0 saturated carbocycles. The average molecular weight is 401 g/mol. The summed E-state index contributed by atoms with van der Waals surface area (Å²) in [5.74, 6) is 2.06. The smallest absolute Gasteiger partial charge is 0.162 e. The monoisotopic (exact) mass is 400 g/mol. The number of H-pyrrole nitrogens is 1. The zero-order chi connectivity index (χ0) is 19.8. The van der Waals surface area contributed by atoms with Crippen molar-refractivity contribution < 1.29 is 4.74 Å². The highest BCUT2D eigenvalue weighted by molar-refractivity contribution is 6.31. The molecule has 0 bridgehead atoms. The molecule has 1 unspecified atom stereocenters. The summed E-state index contributed by atoms with van der Waals surface area (Å²) in [5, 5.41) is 4.23. The van der Waals surface area contributed by atoms with Gasteiger partial charge in [-0.25, -0.2) is 15.0 Å². The van der Waals surface area contributed by atoms with E-state index < -0.39 is 0 Å². The van der Waals surface area contributed by atoms with E-state index in [0.717, 1.165) is 35.0 Å². The molecular weight excluding hydrogens is 376 g/mol. The summed E-state index contributed by atoms with van der Waals surface area (Å²) < 4.78 is 6.16. The Balaban J connectivity index is 1.74. The van der Waals surface area contributed by atoms with Crippen LogP contribution in [-0.2, 0) is 0 Å². The van der Waals surface area contributed by atoms with E-state index in [-0.39, 0.29) is 6.04 Å². The summed E-state index contributed by atoms with van der Waals surface area (Å²) >= 11 is 6.64. The standard InChI is InChI=1S/C20H25ClN6O/c1-5-28-18-14(6-15(21)11(2)16(18)13-7-27(4)8-13)12(3)26-20-17-19(23-9-22-17)24-10-25-20/h6,9-10,12-13H,5,7-8H2,1-4H3,(H2,22,23,24,25,26). The quantitative estimate of drug-likeness (QED) is 0.653. The number of rotatable bonds is 6. The van der Waals surface area contributed by atoms with Crippen molar-refractivity contribution in [1.29, 1.82) is 0 Å². The second-order valence-corrected chi connectivity index (χ2v) is 7.76. The Morgan fingerprint density at radius 1 is 1.36 bits per heavy atom. The van der Waals surface area contributed by atoms with Gasteiger partial charge in [0.25, 0.3) is 0 Å². The van der Waals surface area contributed by atoms with Gasteiger partial charge in [0.2, 0.25) is 0 Å². The van der Waals surface area contributed by atoms with E-state index >= 15 is 0 Å². The van der Waals surface area contributed by atoms with Crippen LogP contribution in [0.1, 0.15) is 42.5 Å². The lowest BCUT2D eigenvalue weighted by atomic mass is 9.85. The fraction of sp³-hybridized carbons (Fsp3) is 0.450. The van der Waals surface area contributed by atoms with Crippen molar-refractivity contribution in [3.05, 3.63) is 40.4 Å². The Bertz CT molecular complexity index is 998. The second kappa shape index (κ2) is 7.56. The fourth-order valence-electron chi connectivity index (χ4n) is 3.92. The number of nitrogens with zero attached hydrogens (tertiary/aromatic N) is 4. The number of hydrogen-bond acceptors (Lipinski definition) is 6. The van der Waals surface area contributed by atoms with Crippen LogP contribution >= 0.6 is 11.6 Å². The van der Waals surface area contributed by atoms with Crippen molar-refractivity contribution in [1.82, 2.24) is 24.8 Å². The van der Waals surface area contributed by atoms with Gasteiger partial charge in [-0.3, -0.25) is 0 Å². The third-order valence-electron chi connectivity index (χ3n) is 5.35. The first-order valence-electron chi connectivity index (χ1n) is 9.54. The number of nitrogens with one attached hydrogen (secondary N) is 2. The molecule has 2 aromatic heterocycles. The molecule has 7 nitrogen and oxygen atoms in total. The lowest BCUT2D eigenvalue weighted by molar-refractivity contribution is 0.184. The lowest BCUT2D eigenvalue weighted by Crippen LogP contribution is -2.42. The Kier molecular flexibility index (Phi) is 5.12. The van der Waals surface area contributed by atoms with Crippen LogP contribution in [0.25, 0.3) is 11.2 Å². The Morgan fingerprint density at radius 3 is 2.86 bits per heavy atom. The molecule has 1 fully saturated rings. The number of likely N-dealkylation sites (tertiary alicyclic amines) is 1. The molecule has 1 aliphatic rings. The SMILES string of the molecule is CCOc1c(C(C)Nc2ncnc3[nH]cnc23)cc(Cl)c(C)c1C1CN(C)C1. The summed E-state index contributed by atoms with van der Waals surface area (Å²) in [6.45, 7) is 8.82. The van der Waals surface area contributed by atoms with Crippen LogP contribution < -0.4 is 10.1 Å². The normalized spacial score (nSPS) is 16.2. The van der Waals surface area contributed by atoms with Gasteiger partial charge in [0, 0.05) is 35.2 Å². The predicted octanol–water partition coefficient (Wildman–Crippen LogP) is 3.92. The topological polar surface area (TPSA) is 79.0 Å². The van der Waals surface area contributed by atoms with Crippen molar-refractivity contribution in [2.45, 2.75) is 32.7 Å². The molecule has 0 aliphatic carbocycles. The molecule has 1 atom stereocenters. The Morgan fingerprint density at radius 2 is 2.14 bits per heavy atom. The van der Waals surface area contributed by atoms with Crippen LogP contribution in [0.4, 0.5) is 5.82 Å². The lowest BCUT2D eigenvalue weighted by Gasteiger charge is -2.39. The molecule has 28 heavy (non-hydrogen) atoms. The van der Waals surface area contributed by atoms with E-state index in [1.807, 2.05) is 13.0 Å². The molecule has 1 aliphatic heterocycles.